The molecule has 1 aliphatic rings. The third-order valence-electron chi connectivity index (χ3n) is 3.90. The highest BCUT2D eigenvalue weighted by molar-refractivity contribution is 7.07. The number of hydrogen-bond acceptors (Lipinski definition) is 3. The van der Waals surface area contributed by atoms with Crippen molar-refractivity contribution >= 4 is 11.3 Å². The SMILES string of the molecule is NCC(c1cc(F)ccc1F)N(Cc1ccsc1)C1CC1. The number of halogens is 2. The molecular formula is C16H18F2N2S. The molecule has 1 aromatic heterocycles. The normalized spacial score (nSPS) is 16.4. The summed E-state index contributed by atoms with van der Waals surface area (Å²) in [5.74, 6) is -0.807. The van der Waals surface area contributed by atoms with Crippen molar-refractivity contribution in [1.29, 1.82) is 0 Å². The van der Waals surface area contributed by atoms with Crippen LogP contribution in [0.2, 0.25) is 0 Å². The largest absolute Gasteiger partial charge is 0.329 e. The maximum Gasteiger partial charge on any atom is 0.128 e. The summed E-state index contributed by atoms with van der Waals surface area (Å²) in [7, 11) is 0. The summed E-state index contributed by atoms with van der Waals surface area (Å²) in [5, 5.41) is 4.12. The molecule has 112 valence electrons. The number of benzene rings is 1. The second-order valence-electron chi connectivity index (χ2n) is 5.45. The molecule has 1 aliphatic carbocycles. The van der Waals surface area contributed by atoms with Crippen LogP contribution in [0.3, 0.4) is 0 Å². The first-order valence-corrected chi connectivity index (χ1v) is 8.05. The fourth-order valence-corrected chi connectivity index (χ4v) is 3.36. The van der Waals surface area contributed by atoms with Gasteiger partial charge in [0.05, 0.1) is 6.04 Å². The predicted molar refractivity (Wildman–Crippen MR) is 81.0 cm³/mol. The summed E-state index contributed by atoms with van der Waals surface area (Å²) in [4.78, 5) is 2.21. The molecule has 2 nitrogen and oxygen atoms in total. The molecule has 0 bridgehead atoms. The molecule has 0 amide bonds. The number of thiophene rings is 1. The van der Waals surface area contributed by atoms with Gasteiger partial charge in [-0.2, -0.15) is 11.3 Å². The smallest absolute Gasteiger partial charge is 0.128 e. The minimum absolute atomic E-state index is 0.279. The van der Waals surface area contributed by atoms with Crippen LogP contribution in [-0.2, 0) is 6.54 Å². The molecule has 0 radical (unpaired) electrons. The summed E-state index contributed by atoms with van der Waals surface area (Å²) in [6.07, 6.45) is 2.19. The topological polar surface area (TPSA) is 29.3 Å². The van der Waals surface area contributed by atoms with Gasteiger partial charge < -0.3 is 5.73 Å². The molecule has 1 unspecified atom stereocenters. The van der Waals surface area contributed by atoms with E-state index in [4.69, 9.17) is 5.73 Å². The van der Waals surface area contributed by atoms with Crippen molar-refractivity contribution in [1.82, 2.24) is 4.90 Å². The summed E-state index contributed by atoms with van der Waals surface area (Å²) < 4.78 is 27.6. The van der Waals surface area contributed by atoms with Crippen LogP contribution in [0.4, 0.5) is 8.78 Å². The summed E-state index contributed by atoms with van der Waals surface area (Å²) in [6.45, 7) is 1.01. The number of nitrogens with two attached hydrogens (primary N) is 1. The van der Waals surface area contributed by atoms with Crippen LogP contribution in [0.15, 0.2) is 35.0 Å². The highest BCUT2D eigenvalue weighted by Crippen LogP contribution is 2.36. The van der Waals surface area contributed by atoms with E-state index in [0.717, 1.165) is 25.5 Å². The van der Waals surface area contributed by atoms with Crippen molar-refractivity contribution in [2.24, 2.45) is 5.73 Å². The van der Waals surface area contributed by atoms with Crippen molar-refractivity contribution < 1.29 is 8.78 Å². The second kappa shape index (κ2) is 6.22. The monoisotopic (exact) mass is 308 g/mol. The van der Waals surface area contributed by atoms with Crippen molar-refractivity contribution in [2.75, 3.05) is 6.54 Å². The fourth-order valence-electron chi connectivity index (χ4n) is 2.70. The Kier molecular flexibility index (Phi) is 4.33. The first-order valence-electron chi connectivity index (χ1n) is 7.11. The van der Waals surface area contributed by atoms with Gasteiger partial charge in [-0.1, -0.05) is 0 Å². The Labute approximate surface area is 127 Å². The first-order chi connectivity index (χ1) is 10.2. The van der Waals surface area contributed by atoms with Gasteiger partial charge in [0.25, 0.3) is 0 Å². The second-order valence-corrected chi connectivity index (χ2v) is 6.23. The Bertz CT molecular complexity index is 596. The minimum Gasteiger partial charge on any atom is -0.329 e. The zero-order chi connectivity index (χ0) is 14.8. The summed E-state index contributed by atoms with van der Waals surface area (Å²) >= 11 is 1.64. The third kappa shape index (κ3) is 3.31. The van der Waals surface area contributed by atoms with Crippen LogP contribution in [-0.4, -0.2) is 17.5 Å². The molecular weight excluding hydrogens is 290 g/mol. The molecule has 1 saturated carbocycles. The number of rotatable bonds is 6. The quantitative estimate of drug-likeness (QED) is 0.882. The molecule has 21 heavy (non-hydrogen) atoms. The Morgan fingerprint density at radius 2 is 2.10 bits per heavy atom. The first kappa shape index (κ1) is 14.6. The van der Waals surface area contributed by atoms with Gasteiger partial charge in [0.15, 0.2) is 0 Å². The lowest BCUT2D eigenvalue weighted by molar-refractivity contribution is 0.178. The Morgan fingerprint density at radius 3 is 2.71 bits per heavy atom. The van der Waals surface area contributed by atoms with Gasteiger partial charge in [0, 0.05) is 24.7 Å². The Balaban J connectivity index is 1.89. The molecule has 1 heterocycles. The lowest BCUT2D eigenvalue weighted by atomic mass is 10.0. The van der Waals surface area contributed by atoms with E-state index in [1.165, 1.54) is 17.7 Å². The van der Waals surface area contributed by atoms with E-state index in [9.17, 15) is 8.78 Å². The van der Waals surface area contributed by atoms with Gasteiger partial charge in [-0.3, -0.25) is 4.90 Å². The minimum atomic E-state index is -0.420. The van der Waals surface area contributed by atoms with E-state index >= 15 is 0 Å². The maximum absolute atomic E-state index is 14.1. The van der Waals surface area contributed by atoms with E-state index in [0.29, 0.717) is 11.6 Å². The Hall–Kier alpha value is -1.30. The molecule has 2 aromatic rings. The number of nitrogens with zero attached hydrogens (tertiary/aromatic N) is 1. The van der Waals surface area contributed by atoms with Crippen LogP contribution in [0, 0.1) is 11.6 Å². The Morgan fingerprint density at radius 1 is 1.29 bits per heavy atom. The standard InChI is InChI=1S/C16H18F2N2S/c17-12-1-4-15(18)14(7-12)16(8-19)20(13-2-3-13)9-11-5-6-21-10-11/h1,4-7,10,13,16H,2-3,8-9,19H2. The van der Waals surface area contributed by atoms with E-state index in [2.05, 4.69) is 16.3 Å². The fraction of sp³-hybridized carbons (Fsp3) is 0.375. The third-order valence-corrected chi connectivity index (χ3v) is 4.63. The van der Waals surface area contributed by atoms with Gasteiger partial charge >= 0.3 is 0 Å². The lowest BCUT2D eigenvalue weighted by Crippen LogP contribution is -2.35. The molecule has 0 spiro atoms. The van der Waals surface area contributed by atoms with E-state index in [-0.39, 0.29) is 18.4 Å². The maximum atomic E-state index is 14.1. The van der Waals surface area contributed by atoms with Crippen molar-refractivity contribution in [3.05, 3.63) is 57.8 Å². The van der Waals surface area contributed by atoms with Gasteiger partial charge in [-0.15, -0.1) is 0 Å². The molecule has 0 saturated heterocycles. The molecule has 0 aliphatic heterocycles. The zero-order valence-electron chi connectivity index (χ0n) is 11.6. The molecule has 2 N–H and O–H groups in total. The summed E-state index contributed by atoms with van der Waals surface area (Å²) in [6, 6.07) is 5.80. The van der Waals surface area contributed by atoms with Crippen molar-refractivity contribution in [2.45, 2.75) is 31.5 Å². The van der Waals surface area contributed by atoms with E-state index in [1.54, 1.807) is 11.3 Å². The molecule has 1 aromatic carbocycles. The van der Waals surface area contributed by atoms with Crippen LogP contribution in [0.5, 0.6) is 0 Å². The van der Waals surface area contributed by atoms with E-state index < -0.39 is 5.82 Å². The average Bonchev–Trinajstić information content (AvgIpc) is 3.19. The lowest BCUT2D eigenvalue weighted by Gasteiger charge is -2.31. The van der Waals surface area contributed by atoms with Gasteiger partial charge in [0.2, 0.25) is 0 Å². The molecule has 1 fully saturated rings. The van der Waals surface area contributed by atoms with Crippen LogP contribution < -0.4 is 5.73 Å². The van der Waals surface area contributed by atoms with E-state index in [1.807, 2.05) is 5.38 Å². The van der Waals surface area contributed by atoms with Crippen molar-refractivity contribution in [3.8, 4) is 0 Å². The molecule has 5 heteroatoms. The van der Waals surface area contributed by atoms with Gasteiger partial charge in [0.1, 0.15) is 11.6 Å². The van der Waals surface area contributed by atoms with Gasteiger partial charge in [-0.25, -0.2) is 8.78 Å². The highest BCUT2D eigenvalue weighted by atomic mass is 32.1. The average molecular weight is 308 g/mol. The van der Waals surface area contributed by atoms with Crippen LogP contribution >= 0.6 is 11.3 Å². The van der Waals surface area contributed by atoms with Gasteiger partial charge in [-0.05, 0) is 53.4 Å². The molecule has 1 atom stereocenters. The van der Waals surface area contributed by atoms with Crippen molar-refractivity contribution in [3.63, 3.8) is 0 Å². The zero-order valence-corrected chi connectivity index (χ0v) is 12.5. The van der Waals surface area contributed by atoms with Crippen LogP contribution in [0.25, 0.3) is 0 Å². The number of hydrogen-bond donors (Lipinski definition) is 1. The summed E-state index contributed by atoms with van der Waals surface area (Å²) in [5.41, 5.74) is 7.45. The predicted octanol–water partition coefficient (Wildman–Crippen LogP) is 3.69. The molecule has 3 rings (SSSR count). The van der Waals surface area contributed by atoms with Crippen LogP contribution in [0.1, 0.15) is 30.0 Å². The highest BCUT2D eigenvalue weighted by Gasteiger charge is 2.35.